The Balaban J connectivity index is 1.19. The van der Waals surface area contributed by atoms with Gasteiger partial charge in [0.2, 0.25) is 0 Å². The summed E-state index contributed by atoms with van der Waals surface area (Å²) >= 11 is 2.32. The largest absolute Gasteiger partial charge is 0.391 e. The summed E-state index contributed by atoms with van der Waals surface area (Å²) in [6, 6.07) is 14.8. The molecule has 0 aromatic heterocycles. The van der Waals surface area contributed by atoms with Crippen LogP contribution in [0.3, 0.4) is 0 Å². The lowest BCUT2D eigenvalue weighted by molar-refractivity contribution is -0.134. The molecule has 2 unspecified atom stereocenters. The molecular formula is C25H32IN3O2. The molecule has 3 fully saturated rings. The molecular weight excluding hydrogens is 501 g/mol. The molecule has 1 amide bonds. The van der Waals surface area contributed by atoms with Crippen molar-refractivity contribution in [1.82, 2.24) is 9.80 Å². The van der Waals surface area contributed by atoms with Gasteiger partial charge in [0.1, 0.15) is 0 Å². The average molecular weight is 533 g/mol. The van der Waals surface area contributed by atoms with E-state index in [1.54, 1.807) is 0 Å². The average Bonchev–Trinajstić information content (AvgIpc) is 3.54. The Morgan fingerprint density at radius 1 is 1.03 bits per heavy atom. The molecule has 0 radical (unpaired) electrons. The van der Waals surface area contributed by atoms with E-state index in [2.05, 4.69) is 74.9 Å². The summed E-state index contributed by atoms with van der Waals surface area (Å²) in [7, 11) is 0. The van der Waals surface area contributed by atoms with E-state index >= 15 is 0 Å². The highest BCUT2D eigenvalue weighted by atomic mass is 127. The van der Waals surface area contributed by atoms with Crippen molar-refractivity contribution in [2.24, 2.45) is 5.41 Å². The van der Waals surface area contributed by atoms with Crippen LogP contribution in [0.1, 0.15) is 32.6 Å². The standard InChI is InChI=1S/C25H32IN3O2/c1-24(26)23(31)28(13-4-12-27-14-11-25(9-10-25)22(30)18-27)15-16-29(24)21-8-7-19-5-2-3-6-20(19)17-21/h2-3,5-8,17,22,30H,4,9-16,18H2,1H3. The third kappa shape index (κ3) is 4.07. The summed E-state index contributed by atoms with van der Waals surface area (Å²) in [5, 5.41) is 12.9. The summed E-state index contributed by atoms with van der Waals surface area (Å²) in [6.07, 6.45) is 4.33. The van der Waals surface area contributed by atoms with Crippen LogP contribution in [0.2, 0.25) is 0 Å². The first-order chi connectivity index (χ1) is 14.9. The number of piperidine rings is 1. The van der Waals surface area contributed by atoms with Crippen LogP contribution in [-0.4, -0.2) is 69.7 Å². The molecule has 6 heteroatoms. The van der Waals surface area contributed by atoms with E-state index in [0.29, 0.717) is 0 Å². The van der Waals surface area contributed by atoms with E-state index in [1.165, 1.54) is 23.6 Å². The highest BCUT2D eigenvalue weighted by molar-refractivity contribution is 14.1. The van der Waals surface area contributed by atoms with Crippen LogP contribution < -0.4 is 4.90 Å². The summed E-state index contributed by atoms with van der Waals surface area (Å²) in [4.78, 5) is 20.0. The number of carbonyl (C=O) groups is 1. The van der Waals surface area contributed by atoms with Gasteiger partial charge in [-0.25, -0.2) is 0 Å². The Morgan fingerprint density at radius 3 is 2.55 bits per heavy atom. The van der Waals surface area contributed by atoms with Gasteiger partial charge in [0.15, 0.2) is 3.55 Å². The summed E-state index contributed by atoms with van der Waals surface area (Å²) in [6.45, 7) is 7.28. The van der Waals surface area contributed by atoms with Gasteiger partial charge in [0, 0.05) is 31.9 Å². The summed E-state index contributed by atoms with van der Waals surface area (Å²) in [5.74, 6) is 0.197. The number of hydrogen-bond donors (Lipinski definition) is 1. The zero-order valence-corrected chi connectivity index (χ0v) is 20.4. The van der Waals surface area contributed by atoms with E-state index in [1.807, 2.05) is 11.8 Å². The van der Waals surface area contributed by atoms with Gasteiger partial charge >= 0.3 is 0 Å². The number of anilines is 1. The van der Waals surface area contributed by atoms with Crippen LogP contribution >= 0.6 is 22.6 Å². The fourth-order valence-corrected chi connectivity index (χ4v) is 6.24. The number of carbonyl (C=O) groups excluding carboxylic acids is 1. The van der Waals surface area contributed by atoms with Crippen LogP contribution in [0.5, 0.6) is 0 Å². The molecule has 3 aliphatic rings. The minimum atomic E-state index is -0.585. The van der Waals surface area contributed by atoms with Crippen LogP contribution in [0.4, 0.5) is 5.69 Å². The number of alkyl halides is 1. The molecule has 1 aliphatic carbocycles. The topological polar surface area (TPSA) is 47.0 Å². The van der Waals surface area contributed by atoms with Gasteiger partial charge in [0.05, 0.1) is 6.10 Å². The zero-order chi connectivity index (χ0) is 21.6. The fourth-order valence-electron chi connectivity index (χ4n) is 5.37. The first-order valence-electron chi connectivity index (χ1n) is 11.5. The van der Waals surface area contributed by atoms with Crippen LogP contribution in [-0.2, 0) is 4.79 Å². The fraction of sp³-hybridized carbons (Fsp3) is 0.560. The monoisotopic (exact) mass is 533 g/mol. The lowest BCUT2D eigenvalue weighted by Gasteiger charge is -2.46. The number of amides is 1. The molecule has 1 spiro atoms. The van der Waals surface area contributed by atoms with Gasteiger partial charge in [-0.05, 0) is 96.6 Å². The molecule has 1 saturated carbocycles. The van der Waals surface area contributed by atoms with Gasteiger partial charge in [0.25, 0.3) is 5.91 Å². The van der Waals surface area contributed by atoms with Crippen molar-refractivity contribution in [3.8, 4) is 0 Å². The molecule has 2 atom stereocenters. The van der Waals surface area contributed by atoms with Crippen molar-refractivity contribution in [3.05, 3.63) is 42.5 Å². The highest BCUT2D eigenvalue weighted by Crippen LogP contribution is 2.53. The summed E-state index contributed by atoms with van der Waals surface area (Å²) in [5.41, 5.74) is 1.37. The second-order valence-corrected chi connectivity index (χ2v) is 11.8. The van der Waals surface area contributed by atoms with Crippen molar-refractivity contribution in [3.63, 3.8) is 0 Å². The minimum Gasteiger partial charge on any atom is -0.391 e. The molecule has 5 nitrogen and oxygen atoms in total. The van der Waals surface area contributed by atoms with Gasteiger partial charge in [-0.2, -0.15) is 0 Å². The maximum atomic E-state index is 13.3. The lowest BCUT2D eigenvalue weighted by atomic mass is 9.90. The predicted molar refractivity (Wildman–Crippen MR) is 134 cm³/mol. The Labute approximate surface area is 198 Å². The molecule has 166 valence electrons. The number of likely N-dealkylation sites (tertiary alicyclic amines) is 1. The maximum absolute atomic E-state index is 13.3. The maximum Gasteiger partial charge on any atom is 0.258 e. The smallest absolute Gasteiger partial charge is 0.258 e. The van der Waals surface area contributed by atoms with Crippen molar-refractivity contribution in [1.29, 1.82) is 0 Å². The third-order valence-corrected chi connectivity index (χ3v) is 8.72. The van der Waals surface area contributed by atoms with E-state index in [9.17, 15) is 9.90 Å². The van der Waals surface area contributed by atoms with Crippen molar-refractivity contribution in [2.45, 2.75) is 42.3 Å². The number of halogens is 1. The van der Waals surface area contributed by atoms with E-state index < -0.39 is 3.55 Å². The van der Waals surface area contributed by atoms with E-state index in [4.69, 9.17) is 0 Å². The first kappa shape index (κ1) is 21.5. The predicted octanol–water partition coefficient (Wildman–Crippen LogP) is 3.88. The van der Waals surface area contributed by atoms with Crippen molar-refractivity contribution < 1.29 is 9.90 Å². The van der Waals surface area contributed by atoms with E-state index in [0.717, 1.165) is 57.8 Å². The Hall–Kier alpha value is -1.38. The van der Waals surface area contributed by atoms with Gasteiger partial charge in [-0.3, -0.25) is 4.79 Å². The quantitative estimate of drug-likeness (QED) is 0.360. The third-order valence-electron chi connectivity index (χ3n) is 7.68. The number of β-amino-alcohol motifs (C(OH)–C–C–N with tert-alkyl or cyclic N) is 1. The van der Waals surface area contributed by atoms with Gasteiger partial charge in [-0.15, -0.1) is 0 Å². The molecule has 1 N–H and O–H groups in total. The van der Waals surface area contributed by atoms with Gasteiger partial charge in [-0.1, -0.05) is 30.3 Å². The first-order valence-corrected chi connectivity index (χ1v) is 12.6. The van der Waals surface area contributed by atoms with Crippen LogP contribution in [0.15, 0.2) is 42.5 Å². The number of aliphatic hydroxyl groups excluding tert-OH is 1. The molecule has 2 saturated heterocycles. The summed E-state index contributed by atoms with van der Waals surface area (Å²) < 4.78 is -0.585. The number of rotatable bonds is 5. The Bertz CT molecular complexity index is 974. The zero-order valence-electron chi connectivity index (χ0n) is 18.3. The number of nitrogens with zero attached hydrogens (tertiary/aromatic N) is 3. The number of piperazine rings is 1. The molecule has 5 rings (SSSR count). The lowest BCUT2D eigenvalue weighted by Crippen LogP contribution is -2.61. The van der Waals surface area contributed by atoms with Gasteiger partial charge < -0.3 is 19.8 Å². The molecule has 31 heavy (non-hydrogen) atoms. The Kier molecular flexibility index (Phi) is 5.67. The normalized spacial score (nSPS) is 28.5. The molecule has 2 aromatic carbocycles. The number of aliphatic hydroxyl groups is 1. The number of fused-ring (bicyclic) bond motifs is 1. The van der Waals surface area contributed by atoms with Crippen LogP contribution in [0, 0.1) is 5.41 Å². The Morgan fingerprint density at radius 2 is 1.81 bits per heavy atom. The number of benzene rings is 2. The van der Waals surface area contributed by atoms with E-state index in [-0.39, 0.29) is 17.4 Å². The molecule has 2 aliphatic heterocycles. The second-order valence-electron chi connectivity index (χ2n) is 9.71. The molecule has 2 aromatic rings. The second kappa shape index (κ2) is 8.19. The SMILES string of the molecule is CC1(I)C(=O)N(CCCN2CCC3(CC3)C(O)C2)CCN1c1ccc2ccccc2c1. The highest BCUT2D eigenvalue weighted by Gasteiger charge is 2.51. The molecule has 2 heterocycles. The number of hydrogen-bond acceptors (Lipinski definition) is 4. The minimum absolute atomic E-state index is 0.161. The van der Waals surface area contributed by atoms with Crippen LogP contribution in [0.25, 0.3) is 10.8 Å². The van der Waals surface area contributed by atoms with Crippen molar-refractivity contribution in [2.75, 3.05) is 44.2 Å². The molecule has 0 bridgehead atoms. The van der Waals surface area contributed by atoms with Crippen molar-refractivity contribution >= 4 is 45.0 Å².